The van der Waals surface area contributed by atoms with Gasteiger partial charge in [-0.15, -0.1) is 0 Å². The Morgan fingerprint density at radius 1 is 0.680 bits per heavy atom. The zero-order valence-corrected chi connectivity index (χ0v) is 14.6. The van der Waals surface area contributed by atoms with Gasteiger partial charge < -0.3 is 33.9 Å². The van der Waals surface area contributed by atoms with Crippen LogP contribution in [0.4, 0.5) is 0 Å². The van der Waals surface area contributed by atoms with Crippen LogP contribution in [0.1, 0.15) is 20.8 Å². The van der Waals surface area contributed by atoms with Crippen molar-refractivity contribution in [2.75, 3.05) is 39.6 Å². The van der Waals surface area contributed by atoms with Gasteiger partial charge in [0.1, 0.15) is 25.4 Å². The molecule has 0 saturated carbocycles. The molecule has 25 heavy (non-hydrogen) atoms. The second kappa shape index (κ2) is 13.5. The molecule has 0 radical (unpaired) electrons. The molecule has 0 aliphatic carbocycles. The van der Waals surface area contributed by atoms with E-state index < -0.39 is 42.8 Å². The van der Waals surface area contributed by atoms with Crippen molar-refractivity contribution in [1.82, 2.24) is 0 Å². The number of hydrogen-bond donors (Lipinski definition) is 2. The molecular weight excluding hydrogens is 340 g/mol. The molecule has 0 amide bonds. The number of rotatable bonds is 13. The van der Waals surface area contributed by atoms with Gasteiger partial charge in [-0.05, 0) is 0 Å². The monoisotopic (exact) mass is 366 g/mol. The Kier molecular flexibility index (Phi) is 12.6. The van der Waals surface area contributed by atoms with Gasteiger partial charge in [-0.3, -0.25) is 14.4 Å². The minimum absolute atomic E-state index is 0.0939. The summed E-state index contributed by atoms with van der Waals surface area (Å²) in [6, 6.07) is 0. The molecule has 10 nitrogen and oxygen atoms in total. The summed E-state index contributed by atoms with van der Waals surface area (Å²) in [5.74, 6) is -1.61. The minimum Gasteiger partial charge on any atom is -0.463 e. The molecule has 0 aliphatic heterocycles. The number of carbonyl (C=O) groups excluding carboxylic acids is 3. The second-order valence-corrected chi connectivity index (χ2v) is 5.11. The van der Waals surface area contributed by atoms with Gasteiger partial charge in [-0.25, -0.2) is 0 Å². The lowest BCUT2D eigenvalue weighted by Crippen LogP contribution is -2.35. The zero-order valence-electron chi connectivity index (χ0n) is 14.6. The van der Waals surface area contributed by atoms with Gasteiger partial charge in [0.25, 0.3) is 0 Å². The van der Waals surface area contributed by atoms with Crippen LogP contribution in [0, 0.1) is 0 Å². The van der Waals surface area contributed by atoms with Gasteiger partial charge in [0.15, 0.2) is 6.10 Å². The molecule has 0 spiro atoms. The van der Waals surface area contributed by atoms with E-state index in [1.54, 1.807) is 0 Å². The average molecular weight is 366 g/mol. The highest BCUT2D eigenvalue weighted by Gasteiger charge is 2.19. The summed E-state index contributed by atoms with van der Waals surface area (Å²) in [6.07, 6.45) is -2.36. The van der Waals surface area contributed by atoms with Crippen LogP contribution in [0.2, 0.25) is 0 Å². The van der Waals surface area contributed by atoms with Gasteiger partial charge in [0.05, 0.1) is 26.4 Å². The Hall–Kier alpha value is -1.75. The highest BCUT2D eigenvalue weighted by Crippen LogP contribution is 2.03. The Labute approximate surface area is 145 Å². The van der Waals surface area contributed by atoms with Gasteiger partial charge >= 0.3 is 17.9 Å². The maximum Gasteiger partial charge on any atom is 0.303 e. The molecule has 0 bridgehead atoms. The third-order valence-electron chi connectivity index (χ3n) is 2.72. The van der Waals surface area contributed by atoms with Crippen molar-refractivity contribution in [3.8, 4) is 0 Å². The Balaban J connectivity index is 4.34. The van der Waals surface area contributed by atoms with Crippen molar-refractivity contribution in [1.29, 1.82) is 0 Å². The van der Waals surface area contributed by atoms with E-state index in [1.807, 2.05) is 0 Å². The molecule has 3 unspecified atom stereocenters. The third-order valence-corrected chi connectivity index (χ3v) is 2.72. The third kappa shape index (κ3) is 13.2. The quantitative estimate of drug-likeness (QED) is 0.302. The van der Waals surface area contributed by atoms with Crippen LogP contribution in [0.25, 0.3) is 0 Å². The number of esters is 3. The summed E-state index contributed by atoms with van der Waals surface area (Å²) in [4.78, 5) is 32.6. The number of hydrogen-bond acceptors (Lipinski definition) is 10. The molecule has 10 heteroatoms. The van der Waals surface area contributed by atoms with Gasteiger partial charge in [-0.2, -0.15) is 0 Å². The predicted molar refractivity (Wildman–Crippen MR) is 82.5 cm³/mol. The van der Waals surface area contributed by atoms with Gasteiger partial charge in [0.2, 0.25) is 0 Å². The first-order valence-corrected chi connectivity index (χ1v) is 7.67. The van der Waals surface area contributed by atoms with Crippen LogP contribution in [-0.4, -0.2) is 86.1 Å². The van der Waals surface area contributed by atoms with E-state index in [0.29, 0.717) is 0 Å². The molecule has 0 aromatic carbocycles. The summed E-state index contributed by atoms with van der Waals surface area (Å²) in [7, 11) is 0. The van der Waals surface area contributed by atoms with Crippen molar-refractivity contribution < 1.29 is 48.3 Å². The largest absolute Gasteiger partial charge is 0.463 e. The smallest absolute Gasteiger partial charge is 0.303 e. The van der Waals surface area contributed by atoms with Crippen LogP contribution in [0.5, 0.6) is 0 Å². The van der Waals surface area contributed by atoms with Crippen LogP contribution >= 0.6 is 0 Å². The Bertz CT molecular complexity index is 411. The number of aliphatic hydroxyl groups excluding tert-OH is 2. The van der Waals surface area contributed by atoms with Crippen LogP contribution in [-0.2, 0) is 38.1 Å². The average Bonchev–Trinajstić information content (AvgIpc) is 2.54. The molecule has 2 N–H and O–H groups in total. The summed E-state index contributed by atoms with van der Waals surface area (Å²) in [5.41, 5.74) is 0. The van der Waals surface area contributed by atoms with Crippen molar-refractivity contribution in [2.24, 2.45) is 0 Å². The van der Waals surface area contributed by atoms with E-state index in [4.69, 9.17) is 28.8 Å². The molecule has 0 heterocycles. The molecule has 0 saturated heterocycles. The standard InChI is InChI=1S/C15H26O10/c1-10(18)21-6-13(4-16)23-7-14(5-17)24-9-15(25-12(3)20)8-22-11(2)19/h13-17H,4-9H2,1-3H3. The number of aliphatic hydroxyl groups is 2. The Morgan fingerprint density at radius 2 is 1.08 bits per heavy atom. The molecule has 0 aromatic rings. The summed E-state index contributed by atoms with van der Waals surface area (Å²) in [5, 5.41) is 18.4. The topological polar surface area (TPSA) is 138 Å². The molecule has 146 valence electrons. The molecule has 0 fully saturated rings. The number of ether oxygens (including phenoxy) is 5. The second-order valence-electron chi connectivity index (χ2n) is 5.11. The molecule has 0 aromatic heterocycles. The normalized spacial score (nSPS) is 14.3. The lowest BCUT2D eigenvalue weighted by molar-refractivity contribution is -0.165. The summed E-state index contributed by atoms with van der Waals surface area (Å²) in [6.45, 7) is 2.33. The molecule has 3 atom stereocenters. The highest BCUT2D eigenvalue weighted by molar-refractivity contribution is 5.67. The fourth-order valence-electron chi connectivity index (χ4n) is 1.57. The fourth-order valence-corrected chi connectivity index (χ4v) is 1.57. The van der Waals surface area contributed by atoms with Gasteiger partial charge in [-0.1, -0.05) is 0 Å². The maximum absolute atomic E-state index is 11.0. The first kappa shape index (κ1) is 23.2. The maximum atomic E-state index is 11.0. The fraction of sp³-hybridized carbons (Fsp3) is 0.800. The minimum atomic E-state index is -0.829. The van der Waals surface area contributed by atoms with E-state index in [2.05, 4.69) is 0 Å². The first-order chi connectivity index (χ1) is 11.8. The van der Waals surface area contributed by atoms with Crippen molar-refractivity contribution in [3.63, 3.8) is 0 Å². The number of carbonyl (C=O) groups is 3. The Morgan fingerprint density at radius 3 is 1.48 bits per heavy atom. The molecule has 0 aliphatic rings. The molecule has 0 rings (SSSR count). The van der Waals surface area contributed by atoms with E-state index in [1.165, 1.54) is 20.8 Å². The highest BCUT2D eigenvalue weighted by atomic mass is 16.6. The van der Waals surface area contributed by atoms with E-state index in [-0.39, 0.29) is 33.0 Å². The van der Waals surface area contributed by atoms with Crippen LogP contribution in [0.3, 0.4) is 0 Å². The van der Waals surface area contributed by atoms with E-state index in [0.717, 1.165) is 0 Å². The predicted octanol–water partition coefficient (Wildman–Crippen LogP) is -1.20. The van der Waals surface area contributed by atoms with Crippen molar-refractivity contribution in [2.45, 2.75) is 39.1 Å². The van der Waals surface area contributed by atoms with E-state index in [9.17, 15) is 19.5 Å². The lowest BCUT2D eigenvalue weighted by Gasteiger charge is -2.22. The van der Waals surface area contributed by atoms with Crippen molar-refractivity contribution >= 4 is 17.9 Å². The van der Waals surface area contributed by atoms with Gasteiger partial charge in [0, 0.05) is 20.8 Å². The van der Waals surface area contributed by atoms with Crippen LogP contribution in [0.15, 0.2) is 0 Å². The summed E-state index contributed by atoms with van der Waals surface area (Å²) >= 11 is 0. The van der Waals surface area contributed by atoms with Crippen molar-refractivity contribution in [3.05, 3.63) is 0 Å². The lowest BCUT2D eigenvalue weighted by atomic mass is 10.3. The molecular formula is C15H26O10. The SMILES string of the molecule is CC(=O)OCC(CO)OCC(CO)OCC(COC(C)=O)OC(C)=O. The zero-order chi connectivity index (χ0) is 19.2. The summed E-state index contributed by atoms with van der Waals surface area (Å²) < 4.78 is 25.1. The first-order valence-electron chi connectivity index (χ1n) is 7.67. The van der Waals surface area contributed by atoms with E-state index >= 15 is 0 Å². The van der Waals surface area contributed by atoms with Crippen LogP contribution < -0.4 is 0 Å².